The van der Waals surface area contributed by atoms with E-state index in [0.717, 1.165) is 24.5 Å². The second-order valence-electron chi connectivity index (χ2n) is 4.95. The van der Waals surface area contributed by atoms with Gasteiger partial charge in [0.15, 0.2) is 9.84 Å². The van der Waals surface area contributed by atoms with E-state index in [-0.39, 0.29) is 16.0 Å². The summed E-state index contributed by atoms with van der Waals surface area (Å²) in [6, 6.07) is 6.27. The summed E-state index contributed by atoms with van der Waals surface area (Å²) in [6.07, 6.45) is 1.02. The number of benzene rings is 2. The van der Waals surface area contributed by atoms with E-state index in [4.69, 9.17) is 5.73 Å². The Balaban J connectivity index is 2.60. The number of nitrogens with one attached hydrogen (secondary N) is 1. The van der Waals surface area contributed by atoms with Gasteiger partial charge in [-0.05, 0) is 35.9 Å². The number of carbonyl (C=O) groups is 1. The molecule has 1 atom stereocenters. The first-order valence-corrected chi connectivity index (χ1v) is 8.38. The second kappa shape index (κ2) is 6.33. The first-order chi connectivity index (χ1) is 10.7. The van der Waals surface area contributed by atoms with Crippen LogP contribution in [0.15, 0.2) is 47.4 Å². The van der Waals surface area contributed by atoms with E-state index in [1.165, 1.54) is 24.3 Å². The van der Waals surface area contributed by atoms with Crippen molar-refractivity contribution >= 4 is 15.9 Å². The summed E-state index contributed by atoms with van der Waals surface area (Å²) < 4.78 is 50.7. The molecular formula is C15H14F2N2O3S. The van der Waals surface area contributed by atoms with Gasteiger partial charge in [-0.2, -0.15) is 0 Å². The number of nitrogens with two attached hydrogens (primary N) is 1. The van der Waals surface area contributed by atoms with Crippen molar-refractivity contribution < 1.29 is 22.0 Å². The van der Waals surface area contributed by atoms with E-state index in [2.05, 4.69) is 5.32 Å². The lowest BCUT2D eigenvalue weighted by Crippen LogP contribution is -2.34. The number of carbonyl (C=O) groups excluding carboxylic acids is 1. The maximum absolute atomic E-state index is 14.0. The average Bonchev–Trinajstić information content (AvgIpc) is 2.46. The van der Waals surface area contributed by atoms with E-state index in [9.17, 15) is 22.0 Å². The highest BCUT2D eigenvalue weighted by Crippen LogP contribution is 2.27. The normalized spacial score (nSPS) is 12.7. The minimum Gasteiger partial charge on any atom is -0.352 e. The molecule has 0 saturated carbocycles. The van der Waals surface area contributed by atoms with E-state index in [0.29, 0.717) is 0 Å². The minimum atomic E-state index is -3.50. The number of halogens is 2. The van der Waals surface area contributed by atoms with Crippen molar-refractivity contribution in [2.75, 3.05) is 6.26 Å². The molecule has 0 aliphatic heterocycles. The highest BCUT2D eigenvalue weighted by Gasteiger charge is 2.21. The third-order valence-electron chi connectivity index (χ3n) is 3.18. The first kappa shape index (κ1) is 16.9. The van der Waals surface area contributed by atoms with Crippen LogP contribution in [-0.2, 0) is 9.84 Å². The van der Waals surface area contributed by atoms with E-state index >= 15 is 0 Å². The smallest absolute Gasteiger partial charge is 0.312 e. The molecule has 0 radical (unpaired) electrons. The second-order valence-corrected chi connectivity index (χ2v) is 6.97. The fraction of sp³-hybridized carbons (Fsp3) is 0.133. The Kier molecular flexibility index (Phi) is 4.65. The van der Waals surface area contributed by atoms with Crippen LogP contribution >= 0.6 is 0 Å². The van der Waals surface area contributed by atoms with Crippen LogP contribution in [0.4, 0.5) is 13.6 Å². The molecule has 0 aliphatic rings. The number of hydrogen-bond acceptors (Lipinski definition) is 3. The van der Waals surface area contributed by atoms with Gasteiger partial charge in [0, 0.05) is 11.8 Å². The zero-order valence-corrected chi connectivity index (χ0v) is 12.9. The van der Waals surface area contributed by atoms with Crippen LogP contribution in [0.3, 0.4) is 0 Å². The van der Waals surface area contributed by atoms with Crippen molar-refractivity contribution in [3.63, 3.8) is 0 Å². The van der Waals surface area contributed by atoms with Gasteiger partial charge >= 0.3 is 6.03 Å². The number of primary amides is 1. The lowest BCUT2D eigenvalue weighted by Gasteiger charge is -2.20. The van der Waals surface area contributed by atoms with Crippen LogP contribution in [0.2, 0.25) is 0 Å². The predicted octanol–water partition coefficient (Wildman–Crippen LogP) is 2.13. The Labute approximate surface area is 132 Å². The molecule has 2 rings (SSSR count). The van der Waals surface area contributed by atoms with Gasteiger partial charge in [0.2, 0.25) is 0 Å². The highest BCUT2D eigenvalue weighted by atomic mass is 32.2. The Morgan fingerprint density at radius 3 is 2.48 bits per heavy atom. The number of amides is 2. The molecule has 0 aromatic heterocycles. The molecule has 5 nitrogen and oxygen atoms in total. The SMILES string of the molecule is CS(=O)(=O)c1cccc([C@@H](NC(N)=O)c2cc(F)ccc2F)c1. The molecular weight excluding hydrogens is 326 g/mol. The molecule has 2 amide bonds. The monoisotopic (exact) mass is 340 g/mol. The van der Waals surface area contributed by atoms with E-state index in [1.54, 1.807) is 0 Å². The molecule has 2 aromatic carbocycles. The van der Waals surface area contributed by atoms with Crippen LogP contribution in [0, 0.1) is 11.6 Å². The fourth-order valence-corrected chi connectivity index (χ4v) is 2.82. The minimum absolute atomic E-state index is 0.0110. The van der Waals surface area contributed by atoms with Crippen molar-refractivity contribution in [2.45, 2.75) is 10.9 Å². The van der Waals surface area contributed by atoms with Gasteiger partial charge in [0.1, 0.15) is 11.6 Å². The van der Waals surface area contributed by atoms with E-state index < -0.39 is 33.5 Å². The molecule has 3 N–H and O–H groups in total. The summed E-state index contributed by atoms with van der Waals surface area (Å²) >= 11 is 0. The molecule has 0 aliphatic carbocycles. The van der Waals surface area contributed by atoms with Gasteiger partial charge in [-0.15, -0.1) is 0 Å². The predicted molar refractivity (Wildman–Crippen MR) is 80.5 cm³/mol. The van der Waals surface area contributed by atoms with Gasteiger partial charge < -0.3 is 11.1 Å². The molecule has 23 heavy (non-hydrogen) atoms. The van der Waals surface area contributed by atoms with Gasteiger partial charge in [-0.1, -0.05) is 12.1 Å². The van der Waals surface area contributed by atoms with Crippen LogP contribution in [0.25, 0.3) is 0 Å². The third kappa shape index (κ3) is 4.04. The Hall–Kier alpha value is -2.48. The van der Waals surface area contributed by atoms with Crippen molar-refractivity contribution in [1.29, 1.82) is 0 Å². The average molecular weight is 340 g/mol. The van der Waals surface area contributed by atoms with Crippen molar-refractivity contribution in [3.05, 3.63) is 65.2 Å². The molecule has 0 spiro atoms. The van der Waals surface area contributed by atoms with Gasteiger partial charge in [-0.25, -0.2) is 22.0 Å². The van der Waals surface area contributed by atoms with Crippen LogP contribution in [-0.4, -0.2) is 20.7 Å². The van der Waals surface area contributed by atoms with Crippen molar-refractivity contribution in [2.24, 2.45) is 5.73 Å². The third-order valence-corrected chi connectivity index (χ3v) is 4.29. The van der Waals surface area contributed by atoms with Gasteiger partial charge in [0.25, 0.3) is 0 Å². The molecule has 122 valence electrons. The molecule has 0 saturated heterocycles. The van der Waals surface area contributed by atoms with Gasteiger partial charge in [-0.3, -0.25) is 0 Å². The summed E-state index contributed by atoms with van der Waals surface area (Å²) in [5.41, 5.74) is 5.20. The summed E-state index contributed by atoms with van der Waals surface area (Å²) in [5, 5.41) is 2.30. The Bertz CT molecular complexity index is 854. The first-order valence-electron chi connectivity index (χ1n) is 6.49. The molecule has 2 aromatic rings. The van der Waals surface area contributed by atoms with Crippen molar-refractivity contribution in [3.8, 4) is 0 Å². The lowest BCUT2D eigenvalue weighted by atomic mass is 9.98. The topological polar surface area (TPSA) is 89.3 Å². The zero-order chi connectivity index (χ0) is 17.2. The number of sulfone groups is 1. The quantitative estimate of drug-likeness (QED) is 0.893. The number of rotatable bonds is 4. The van der Waals surface area contributed by atoms with Crippen LogP contribution in [0.1, 0.15) is 17.2 Å². The molecule has 0 fully saturated rings. The molecule has 0 unspecified atom stereocenters. The maximum atomic E-state index is 14.0. The maximum Gasteiger partial charge on any atom is 0.312 e. The molecule has 0 bridgehead atoms. The van der Waals surface area contributed by atoms with Gasteiger partial charge in [0.05, 0.1) is 10.9 Å². The van der Waals surface area contributed by atoms with Crippen molar-refractivity contribution in [1.82, 2.24) is 5.32 Å². The summed E-state index contributed by atoms with van der Waals surface area (Å²) in [5.74, 6) is -1.45. The van der Waals surface area contributed by atoms with E-state index in [1.807, 2.05) is 0 Å². The Morgan fingerprint density at radius 2 is 1.87 bits per heavy atom. The molecule has 0 heterocycles. The Morgan fingerprint density at radius 1 is 1.17 bits per heavy atom. The summed E-state index contributed by atoms with van der Waals surface area (Å²) in [7, 11) is -3.50. The fourth-order valence-electron chi connectivity index (χ4n) is 2.14. The number of hydrogen-bond donors (Lipinski definition) is 2. The number of urea groups is 1. The largest absolute Gasteiger partial charge is 0.352 e. The standard InChI is InChI=1S/C15H14F2N2O3S/c1-23(21,22)11-4-2-3-9(7-11)14(19-15(18)20)12-8-10(16)5-6-13(12)17/h2-8,14H,1H3,(H3,18,19,20)/t14-/m1/s1. The summed E-state index contributed by atoms with van der Waals surface area (Å²) in [4.78, 5) is 11.2. The summed E-state index contributed by atoms with van der Waals surface area (Å²) in [6.45, 7) is 0. The lowest BCUT2D eigenvalue weighted by molar-refractivity contribution is 0.246. The highest BCUT2D eigenvalue weighted by molar-refractivity contribution is 7.90. The van der Waals surface area contributed by atoms with Crippen LogP contribution < -0.4 is 11.1 Å². The molecule has 8 heteroatoms. The van der Waals surface area contributed by atoms with Crippen LogP contribution in [0.5, 0.6) is 0 Å². The zero-order valence-electron chi connectivity index (χ0n) is 12.1.